The zero-order valence-electron chi connectivity index (χ0n) is 6.78. The Kier molecular flexibility index (Phi) is 4.29. The zero-order chi connectivity index (χ0) is 8.27. The van der Waals surface area contributed by atoms with Gasteiger partial charge in [-0.05, 0) is 19.1 Å². The molecule has 3 N–H and O–H groups in total. The fraction of sp³-hybridized carbons (Fsp3) is 0.250. The molecule has 0 heterocycles. The van der Waals surface area contributed by atoms with E-state index in [1.807, 2.05) is 6.92 Å². The van der Waals surface area contributed by atoms with Crippen LogP contribution in [0.25, 0.3) is 0 Å². The number of ether oxygens (including phenoxy) is 1. The predicted molar refractivity (Wildman–Crippen MR) is 50.9 cm³/mol. The normalized spacial score (nSPS) is 8.75. The Hall–Kier alpha value is -1.09. The van der Waals surface area contributed by atoms with E-state index < -0.39 is 0 Å². The van der Waals surface area contributed by atoms with Crippen molar-refractivity contribution in [2.45, 2.75) is 6.92 Å². The van der Waals surface area contributed by atoms with Gasteiger partial charge in [0.1, 0.15) is 11.5 Å². The maximum atomic E-state index is 9.03. The summed E-state index contributed by atoms with van der Waals surface area (Å²) < 4.78 is 5.13. The molecule has 0 amide bonds. The summed E-state index contributed by atoms with van der Waals surface area (Å²) in [5, 5.41) is 9.03. The van der Waals surface area contributed by atoms with E-state index >= 15 is 0 Å². The third-order valence-corrected chi connectivity index (χ3v) is 1.30. The van der Waals surface area contributed by atoms with Gasteiger partial charge in [0, 0.05) is 6.07 Å². The number of hydrogen-bond donors (Lipinski definition) is 2. The Balaban J connectivity index is 0.00000121. The fourth-order valence-electron chi connectivity index (χ4n) is 0.804. The minimum atomic E-state index is 0. The van der Waals surface area contributed by atoms with Crippen molar-refractivity contribution in [1.29, 1.82) is 0 Å². The van der Waals surface area contributed by atoms with Gasteiger partial charge in [-0.1, -0.05) is 0 Å². The van der Waals surface area contributed by atoms with Crippen LogP contribution in [0.5, 0.6) is 11.5 Å². The second-order valence-electron chi connectivity index (χ2n) is 2.16. The Labute approximate surface area is 77.6 Å². The number of halogens is 1. The maximum absolute atomic E-state index is 9.03. The van der Waals surface area contributed by atoms with E-state index in [2.05, 4.69) is 0 Å². The molecule has 1 rings (SSSR count). The van der Waals surface area contributed by atoms with Crippen molar-refractivity contribution in [2.75, 3.05) is 12.3 Å². The molecule has 4 heteroatoms. The Morgan fingerprint density at radius 2 is 2.17 bits per heavy atom. The van der Waals surface area contributed by atoms with Gasteiger partial charge in [-0.25, -0.2) is 0 Å². The molecule has 0 aliphatic carbocycles. The molecule has 0 aliphatic heterocycles. The third-order valence-electron chi connectivity index (χ3n) is 1.30. The lowest BCUT2D eigenvalue weighted by Crippen LogP contribution is -1.95. The van der Waals surface area contributed by atoms with Gasteiger partial charge in [0.15, 0.2) is 0 Å². The minimum Gasteiger partial charge on any atom is -0.508 e. The van der Waals surface area contributed by atoms with Gasteiger partial charge in [0.2, 0.25) is 0 Å². The van der Waals surface area contributed by atoms with Crippen molar-refractivity contribution in [3.8, 4) is 11.5 Å². The van der Waals surface area contributed by atoms with Crippen molar-refractivity contribution < 1.29 is 9.84 Å². The second-order valence-corrected chi connectivity index (χ2v) is 2.16. The summed E-state index contributed by atoms with van der Waals surface area (Å²) in [4.78, 5) is 0. The topological polar surface area (TPSA) is 55.5 Å². The third kappa shape index (κ3) is 2.51. The van der Waals surface area contributed by atoms with Crippen molar-refractivity contribution in [3.05, 3.63) is 18.2 Å². The molecular weight excluding hydrogens is 178 g/mol. The van der Waals surface area contributed by atoms with Crippen molar-refractivity contribution in [2.24, 2.45) is 0 Å². The predicted octanol–water partition coefficient (Wildman–Crippen LogP) is 1.79. The first-order chi connectivity index (χ1) is 5.24. The van der Waals surface area contributed by atoms with Gasteiger partial charge in [-0.3, -0.25) is 0 Å². The number of phenols is 1. The summed E-state index contributed by atoms with van der Waals surface area (Å²) in [6.45, 7) is 2.41. The lowest BCUT2D eigenvalue weighted by molar-refractivity contribution is 0.339. The Bertz CT molecular complexity index is 253. The quantitative estimate of drug-likeness (QED) is 0.551. The molecule has 0 aromatic heterocycles. The molecule has 0 aliphatic rings. The average molecular weight is 190 g/mol. The molecule has 0 fully saturated rings. The summed E-state index contributed by atoms with van der Waals surface area (Å²) in [7, 11) is 0. The number of aromatic hydroxyl groups is 1. The first-order valence-corrected chi connectivity index (χ1v) is 3.45. The summed E-state index contributed by atoms with van der Waals surface area (Å²) in [6, 6.07) is 4.64. The Morgan fingerprint density at radius 3 is 2.75 bits per heavy atom. The fourth-order valence-corrected chi connectivity index (χ4v) is 0.804. The molecule has 0 unspecified atom stereocenters. The molecule has 0 radical (unpaired) electrons. The number of benzene rings is 1. The van der Waals surface area contributed by atoms with Gasteiger partial charge in [0.25, 0.3) is 0 Å². The van der Waals surface area contributed by atoms with Crippen LogP contribution in [0.2, 0.25) is 0 Å². The monoisotopic (exact) mass is 189 g/mol. The molecular formula is C8H12ClNO2. The van der Waals surface area contributed by atoms with Crippen LogP contribution in [0.4, 0.5) is 5.69 Å². The largest absolute Gasteiger partial charge is 0.508 e. The van der Waals surface area contributed by atoms with E-state index in [4.69, 9.17) is 15.6 Å². The minimum absolute atomic E-state index is 0. The lowest BCUT2D eigenvalue weighted by Gasteiger charge is -2.05. The molecule has 3 nitrogen and oxygen atoms in total. The molecule has 0 saturated carbocycles. The highest BCUT2D eigenvalue weighted by Gasteiger charge is 1.99. The number of hydrogen-bond acceptors (Lipinski definition) is 3. The smallest absolute Gasteiger partial charge is 0.145 e. The van der Waals surface area contributed by atoms with E-state index in [1.165, 1.54) is 12.1 Å². The van der Waals surface area contributed by atoms with E-state index in [0.29, 0.717) is 18.0 Å². The van der Waals surface area contributed by atoms with Crippen LogP contribution in [0.15, 0.2) is 18.2 Å². The summed E-state index contributed by atoms with van der Waals surface area (Å²) in [5.41, 5.74) is 6.09. The average Bonchev–Trinajstić information content (AvgIpc) is 1.98. The highest BCUT2D eigenvalue weighted by atomic mass is 35.5. The maximum Gasteiger partial charge on any atom is 0.145 e. The second kappa shape index (κ2) is 4.72. The molecule has 1 aromatic carbocycles. The first kappa shape index (κ1) is 10.9. The van der Waals surface area contributed by atoms with E-state index in [9.17, 15) is 0 Å². The Morgan fingerprint density at radius 1 is 1.50 bits per heavy atom. The van der Waals surface area contributed by atoms with Crippen LogP contribution in [0.3, 0.4) is 0 Å². The van der Waals surface area contributed by atoms with Crippen LogP contribution in [-0.4, -0.2) is 11.7 Å². The first-order valence-electron chi connectivity index (χ1n) is 3.45. The van der Waals surface area contributed by atoms with Crippen LogP contribution < -0.4 is 10.5 Å². The van der Waals surface area contributed by atoms with Gasteiger partial charge in [0.05, 0.1) is 12.3 Å². The molecule has 0 spiro atoms. The lowest BCUT2D eigenvalue weighted by atomic mass is 10.3. The highest BCUT2D eigenvalue weighted by Crippen LogP contribution is 2.25. The van der Waals surface area contributed by atoms with E-state index in [1.54, 1.807) is 6.07 Å². The van der Waals surface area contributed by atoms with Crippen LogP contribution in [-0.2, 0) is 0 Å². The molecule has 1 aromatic rings. The number of nitrogens with two attached hydrogens (primary N) is 1. The number of rotatable bonds is 2. The summed E-state index contributed by atoms with van der Waals surface area (Å²) in [5.74, 6) is 0.704. The molecule has 0 bridgehead atoms. The summed E-state index contributed by atoms with van der Waals surface area (Å²) in [6.07, 6.45) is 0. The number of anilines is 1. The molecule has 12 heavy (non-hydrogen) atoms. The zero-order valence-corrected chi connectivity index (χ0v) is 7.60. The van der Waals surface area contributed by atoms with Crippen molar-refractivity contribution >= 4 is 18.1 Å². The number of phenolic OH excluding ortho intramolecular Hbond substituents is 1. The van der Waals surface area contributed by atoms with E-state index in [-0.39, 0.29) is 18.2 Å². The molecule has 0 saturated heterocycles. The van der Waals surface area contributed by atoms with E-state index in [0.717, 1.165) is 0 Å². The van der Waals surface area contributed by atoms with Crippen LogP contribution in [0, 0.1) is 0 Å². The van der Waals surface area contributed by atoms with Gasteiger partial charge >= 0.3 is 0 Å². The van der Waals surface area contributed by atoms with Gasteiger partial charge in [-0.2, -0.15) is 0 Å². The van der Waals surface area contributed by atoms with Crippen LogP contribution >= 0.6 is 12.4 Å². The molecule has 68 valence electrons. The molecule has 0 atom stereocenters. The highest BCUT2D eigenvalue weighted by molar-refractivity contribution is 5.85. The van der Waals surface area contributed by atoms with Crippen molar-refractivity contribution in [1.82, 2.24) is 0 Å². The van der Waals surface area contributed by atoms with Gasteiger partial charge in [-0.15, -0.1) is 12.4 Å². The standard InChI is InChI=1S/C8H11NO2.ClH/c1-2-11-8-5-6(10)3-4-7(8)9;/h3-5,10H,2,9H2,1H3;1H. The summed E-state index contributed by atoms with van der Waals surface area (Å²) >= 11 is 0. The van der Waals surface area contributed by atoms with Crippen LogP contribution in [0.1, 0.15) is 6.92 Å². The van der Waals surface area contributed by atoms with Gasteiger partial charge < -0.3 is 15.6 Å². The van der Waals surface area contributed by atoms with Crippen molar-refractivity contribution in [3.63, 3.8) is 0 Å². The SMILES string of the molecule is CCOc1cc(O)ccc1N.Cl. The number of nitrogen functional groups attached to an aromatic ring is 1.